The van der Waals surface area contributed by atoms with Crippen molar-refractivity contribution < 1.29 is 9.90 Å². The van der Waals surface area contributed by atoms with Crippen LogP contribution in [-0.2, 0) is 4.79 Å². The number of hydrogen-bond acceptors (Lipinski definition) is 3. The van der Waals surface area contributed by atoms with Gasteiger partial charge in [-0.1, -0.05) is 29.6 Å². The van der Waals surface area contributed by atoms with Crippen molar-refractivity contribution in [2.45, 2.75) is 38.1 Å². The van der Waals surface area contributed by atoms with Gasteiger partial charge < -0.3 is 10.4 Å². The van der Waals surface area contributed by atoms with Crippen LogP contribution in [0.2, 0.25) is 10.0 Å². The molecular weight excluding hydrogens is 323 g/mol. The minimum absolute atomic E-state index is 0.0204. The van der Waals surface area contributed by atoms with E-state index < -0.39 is 0 Å². The lowest BCUT2D eigenvalue weighted by Gasteiger charge is -2.34. The summed E-state index contributed by atoms with van der Waals surface area (Å²) < 4.78 is 0. The molecule has 6 heteroatoms. The van der Waals surface area contributed by atoms with Gasteiger partial charge in [-0.3, -0.25) is 9.69 Å². The van der Waals surface area contributed by atoms with Gasteiger partial charge in [0.2, 0.25) is 5.91 Å². The van der Waals surface area contributed by atoms with E-state index in [1.807, 2.05) is 0 Å². The second-order valence-corrected chi connectivity index (χ2v) is 6.44. The monoisotopic (exact) mass is 344 g/mol. The van der Waals surface area contributed by atoms with Crippen LogP contribution < -0.4 is 5.32 Å². The third kappa shape index (κ3) is 4.85. The van der Waals surface area contributed by atoms with Gasteiger partial charge >= 0.3 is 0 Å². The Morgan fingerprint density at radius 1 is 1.32 bits per heavy atom. The van der Waals surface area contributed by atoms with Gasteiger partial charge in [0, 0.05) is 11.6 Å². The predicted octanol–water partition coefficient (Wildman–Crippen LogP) is 3.56. The summed E-state index contributed by atoms with van der Waals surface area (Å²) in [6.45, 7) is 1.97. The predicted molar refractivity (Wildman–Crippen MR) is 90.6 cm³/mol. The molecule has 2 rings (SSSR count). The smallest absolute Gasteiger partial charge is 0.241 e. The number of carbonyl (C=O) groups excluding carboxylic acids is 1. The van der Waals surface area contributed by atoms with Gasteiger partial charge in [0.1, 0.15) is 0 Å². The second kappa shape index (κ2) is 8.73. The molecule has 1 unspecified atom stereocenters. The van der Waals surface area contributed by atoms with Crippen LogP contribution in [-0.4, -0.2) is 41.7 Å². The van der Waals surface area contributed by atoms with Crippen molar-refractivity contribution in [2.24, 2.45) is 0 Å². The highest BCUT2D eigenvalue weighted by atomic mass is 35.5. The topological polar surface area (TPSA) is 52.6 Å². The summed E-state index contributed by atoms with van der Waals surface area (Å²) in [6.07, 6.45) is 4.71. The molecule has 0 bridgehead atoms. The molecular formula is C16H22Cl2N2O2. The van der Waals surface area contributed by atoms with Crippen LogP contribution >= 0.6 is 23.2 Å². The fraction of sp³-hybridized carbons (Fsp3) is 0.562. The Labute approximate surface area is 141 Å². The third-order valence-electron chi connectivity index (χ3n) is 3.96. The molecule has 2 N–H and O–H groups in total. The number of nitrogens with one attached hydrogen (secondary N) is 1. The molecule has 1 atom stereocenters. The lowest BCUT2D eigenvalue weighted by atomic mass is 10.0. The van der Waals surface area contributed by atoms with Crippen molar-refractivity contribution in [3.63, 3.8) is 0 Å². The van der Waals surface area contributed by atoms with Crippen LogP contribution in [0.4, 0.5) is 5.69 Å². The zero-order valence-electron chi connectivity index (χ0n) is 12.5. The summed E-state index contributed by atoms with van der Waals surface area (Å²) in [5.74, 6) is -0.0204. The average molecular weight is 345 g/mol. The number of piperidine rings is 1. The first-order valence-electron chi connectivity index (χ1n) is 7.72. The molecule has 1 saturated heterocycles. The molecule has 1 heterocycles. The summed E-state index contributed by atoms with van der Waals surface area (Å²) >= 11 is 12.0. The van der Waals surface area contributed by atoms with Gasteiger partial charge in [-0.25, -0.2) is 0 Å². The maximum Gasteiger partial charge on any atom is 0.241 e. The van der Waals surface area contributed by atoms with Crippen LogP contribution in [0.3, 0.4) is 0 Å². The fourth-order valence-corrected chi connectivity index (χ4v) is 3.24. The lowest BCUT2D eigenvalue weighted by molar-refractivity contribution is -0.122. The number of rotatable bonds is 6. The number of nitrogens with zero attached hydrogens (tertiary/aromatic N) is 1. The summed E-state index contributed by atoms with van der Waals surface area (Å²) in [4.78, 5) is 14.8. The molecule has 0 aliphatic carbocycles. The van der Waals surface area contributed by atoms with Gasteiger partial charge in [0.25, 0.3) is 0 Å². The SMILES string of the molecule is O=C(Nc1ccc(Cl)cc1Cl)C1CCCCN1CCCCO. The molecule has 0 spiro atoms. The van der Waals surface area contributed by atoms with Crippen molar-refractivity contribution in [3.05, 3.63) is 28.2 Å². The highest BCUT2D eigenvalue weighted by molar-refractivity contribution is 6.36. The van der Waals surface area contributed by atoms with Gasteiger partial charge in [0.15, 0.2) is 0 Å². The lowest BCUT2D eigenvalue weighted by Crippen LogP contribution is -2.47. The van der Waals surface area contributed by atoms with E-state index in [-0.39, 0.29) is 18.6 Å². The Morgan fingerprint density at radius 2 is 2.14 bits per heavy atom. The molecule has 1 fully saturated rings. The summed E-state index contributed by atoms with van der Waals surface area (Å²) in [6, 6.07) is 4.93. The number of halogens is 2. The molecule has 0 saturated carbocycles. The van der Waals surface area contributed by atoms with Crippen LogP contribution in [0.5, 0.6) is 0 Å². The molecule has 0 aromatic heterocycles. The Bertz CT molecular complexity index is 511. The molecule has 1 amide bonds. The number of carbonyl (C=O) groups is 1. The number of aliphatic hydroxyl groups excluding tert-OH is 1. The van der Waals surface area contributed by atoms with Crippen LogP contribution in [0.1, 0.15) is 32.1 Å². The molecule has 22 heavy (non-hydrogen) atoms. The van der Waals surface area contributed by atoms with E-state index >= 15 is 0 Å². The number of benzene rings is 1. The van der Waals surface area contributed by atoms with E-state index in [1.165, 1.54) is 0 Å². The van der Waals surface area contributed by atoms with E-state index in [2.05, 4.69) is 10.2 Å². The van der Waals surface area contributed by atoms with Gasteiger partial charge in [-0.15, -0.1) is 0 Å². The first-order chi connectivity index (χ1) is 10.6. The van der Waals surface area contributed by atoms with Crippen LogP contribution in [0.15, 0.2) is 18.2 Å². The number of hydrogen-bond donors (Lipinski definition) is 2. The van der Waals surface area contributed by atoms with E-state index in [9.17, 15) is 4.79 Å². The Kier molecular flexibility index (Phi) is 6.96. The first-order valence-corrected chi connectivity index (χ1v) is 8.48. The summed E-state index contributed by atoms with van der Waals surface area (Å²) in [5, 5.41) is 12.8. The number of anilines is 1. The van der Waals surface area contributed by atoms with Crippen LogP contribution in [0, 0.1) is 0 Å². The minimum Gasteiger partial charge on any atom is -0.396 e. The molecule has 1 aliphatic rings. The number of amides is 1. The molecule has 1 aliphatic heterocycles. The Hall–Kier alpha value is -0.810. The molecule has 4 nitrogen and oxygen atoms in total. The summed E-state index contributed by atoms with van der Waals surface area (Å²) in [7, 11) is 0. The first kappa shape index (κ1) is 17.5. The zero-order valence-corrected chi connectivity index (χ0v) is 14.0. The van der Waals surface area contributed by atoms with Crippen molar-refractivity contribution in [1.29, 1.82) is 0 Å². The van der Waals surface area contributed by atoms with E-state index in [4.69, 9.17) is 28.3 Å². The van der Waals surface area contributed by atoms with Gasteiger partial charge in [0.05, 0.1) is 16.8 Å². The zero-order chi connectivity index (χ0) is 15.9. The van der Waals surface area contributed by atoms with E-state index in [0.717, 1.165) is 45.2 Å². The van der Waals surface area contributed by atoms with Crippen molar-refractivity contribution >= 4 is 34.8 Å². The standard InChI is InChI=1S/C16H22Cl2N2O2/c17-12-6-7-14(13(18)11-12)19-16(22)15-5-1-2-8-20(15)9-3-4-10-21/h6-7,11,15,21H,1-5,8-10H2,(H,19,22). The van der Waals surface area contributed by atoms with Crippen LogP contribution in [0.25, 0.3) is 0 Å². The van der Waals surface area contributed by atoms with Crippen molar-refractivity contribution in [2.75, 3.05) is 25.0 Å². The number of unbranched alkanes of at least 4 members (excludes halogenated alkanes) is 1. The van der Waals surface area contributed by atoms with Gasteiger partial charge in [-0.2, -0.15) is 0 Å². The maximum absolute atomic E-state index is 12.6. The number of likely N-dealkylation sites (tertiary alicyclic amines) is 1. The highest BCUT2D eigenvalue weighted by Gasteiger charge is 2.28. The molecule has 122 valence electrons. The van der Waals surface area contributed by atoms with Crippen molar-refractivity contribution in [3.8, 4) is 0 Å². The number of aliphatic hydroxyl groups is 1. The minimum atomic E-state index is -0.126. The second-order valence-electron chi connectivity index (χ2n) is 5.59. The Morgan fingerprint density at radius 3 is 2.86 bits per heavy atom. The van der Waals surface area contributed by atoms with Gasteiger partial charge in [-0.05, 0) is 57.0 Å². The Balaban J connectivity index is 1.99. The van der Waals surface area contributed by atoms with Crippen molar-refractivity contribution in [1.82, 2.24) is 4.90 Å². The fourth-order valence-electron chi connectivity index (χ4n) is 2.79. The normalized spacial score (nSPS) is 19.1. The molecule has 0 radical (unpaired) electrons. The molecule has 1 aromatic rings. The van der Waals surface area contributed by atoms with E-state index in [0.29, 0.717) is 15.7 Å². The van der Waals surface area contributed by atoms with E-state index in [1.54, 1.807) is 18.2 Å². The highest BCUT2D eigenvalue weighted by Crippen LogP contribution is 2.26. The largest absolute Gasteiger partial charge is 0.396 e. The molecule has 1 aromatic carbocycles. The average Bonchev–Trinajstić information content (AvgIpc) is 2.51. The maximum atomic E-state index is 12.6. The summed E-state index contributed by atoms with van der Waals surface area (Å²) in [5.41, 5.74) is 0.594. The quantitative estimate of drug-likeness (QED) is 0.775. The third-order valence-corrected chi connectivity index (χ3v) is 4.51.